The van der Waals surface area contributed by atoms with Gasteiger partial charge in [-0.15, -0.1) is 0 Å². The van der Waals surface area contributed by atoms with Gasteiger partial charge in [-0.3, -0.25) is 4.57 Å². The molecule has 1 unspecified atom stereocenters. The lowest BCUT2D eigenvalue weighted by atomic mass is 10.2. The van der Waals surface area contributed by atoms with Crippen molar-refractivity contribution in [2.45, 2.75) is 52.1 Å². The number of rotatable bonds is 7. The van der Waals surface area contributed by atoms with Gasteiger partial charge in [-0.1, -0.05) is 29.8 Å². The first-order valence-corrected chi connectivity index (χ1v) is 11.1. The third-order valence-electron chi connectivity index (χ3n) is 4.80. The van der Waals surface area contributed by atoms with E-state index in [-0.39, 0.29) is 0 Å². The minimum atomic E-state index is -3.67. The molecule has 0 aliphatic carbocycles. The van der Waals surface area contributed by atoms with Crippen LogP contribution in [0.1, 0.15) is 42.3 Å². The number of benzene rings is 2. The highest BCUT2D eigenvalue weighted by Crippen LogP contribution is 2.26. The van der Waals surface area contributed by atoms with Gasteiger partial charge in [0.05, 0.1) is 22.8 Å². The second kappa shape index (κ2) is 8.39. The number of imidazole rings is 1. The lowest BCUT2D eigenvalue weighted by Crippen LogP contribution is -2.29. The van der Waals surface area contributed by atoms with Crippen molar-refractivity contribution in [3.05, 3.63) is 71.0 Å². The highest BCUT2D eigenvalue weighted by molar-refractivity contribution is 7.89. The normalized spacial score (nSPS) is 12.7. The molecular weight excluding hydrogens is 386 g/mol. The fourth-order valence-corrected chi connectivity index (χ4v) is 4.73. The van der Waals surface area contributed by atoms with Gasteiger partial charge in [0.25, 0.3) is 0 Å². The van der Waals surface area contributed by atoms with Gasteiger partial charge in [0, 0.05) is 6.54 Å². The summed E-state index contributed by atoms with van der Waals surface area (Å²) in [5.41, 5.74) is 3.49. The van der Waals surface area contributed by atoms with Gasteiger partial charge in [0.2, 0.25) is 10.0 Å². The number of hydrogen-bond acceptors (Lipinski definition) is 4. The Balaban J connectivity index is 1.85. The molecule has 0 amide bonds. The first-order valence-electron chi connectivity index (χ1n) is 9.60. The van der Waals surface area contributed by atoms with Crippen molar-refractivity contribution in [2.75, 3.05) is 0 Å². The Kier molecular flexibility index (Phi) is 6.10. The van der Waals surface area contributed by atoms with E-state index in [9.17, 15) is 8.42 Å². The summed E-state index contributed by atoms with van der Waals surface area (Å²) in [6, 6.07) is 13.1. The molecule has 0 fully saturated rings. The van der Waals surface area contributed by atoms with Crippen molar-refractivity contribution in [1.29, 1.82) is 0 Å². The Morgan fingerprint density at radius 1 is 1.07 bits per heavy atom. The number of aromatic nitrogens is 2. The van der Waals surface area contributed by atoms with E-state index in [2.05, 4.69) is 9.71 Å². The summed E-state index contributed by atoms with van der Waals surface area (Å²) in [7, 11) is -3.67. The van der Waals surface area contributed by atoms with Crippen LogP contribution in [-0.2, 0) is 16.6 Å². The molecule has 0 spiro atoms. The van der Waals surface area contributed by atoms with E-state index in [0.717, 1.165) is 16.8 Å². The van der Waals surface area contributed by atoms with Gasteiger partial charge >= 0.3 is 6.01 Å². The Morgan fingerprint density at radius 3 is 2.38 bits per heavy atom. The van der Waals surface area contributed by atoms with Gasteiger partial charge < -0.3 is 4.74 Å². The van der Waals surface area contributed by atoms with E-state index in [1.54, 1.807) is 19.2 Å². The number of nitrogens with zero attached hydrogens (tertiary/aromatic N) is 2. The van der Waals surface area contributed by atoms with Crippen LogP contribution >= 0.6 is 0 Å². The first kappa shape index (κ1) is 21.1. The Morgan fingerprint density at radius 2 is 1.72 bits per heavy atom. The fourth-order valence-electron chi connectivity index (χ4n) is 3.18. The quantitative estimate of drug-likeness (QED) is 0.611. The van der Waals surface area contributed by atoms with Crippen molar-refractivity contribution in [3.8, 4) is 11.8 Å². The molecule has 2 aromatic carbocycles. The molecule has 29 heavy (non-hydrogen) atoms. The predicted molar refractivity (Wildman–Crippen MR) is 114 cm³/mol. The van der Waals surface area contributed by atoms with E-state index in [4.69, 9.17) is 4.74 Å². The summed E-state index contributed by atoms with van der Waals surface area (Å²) < 4.78 is 36.4. The third kappa shape index (κ3) is 4.68. The summed E-state index contributed by atoms with van der Waals surface area (Å²) in [6.45, 7) is 10.1. The number of nitrogens with one attached hydrogen (secondary N) is 1. The molecule has 6 nitrogen and oxygen atoms in total. The maximum Gasteiger partial charge on any atom is 0.302 e. The second-order valence-corrected chi connectivity index (χ2v) is 8.92. The lowest BCUT2D eigenvalue weighted by Gasteiger charge is -2.18. The Labute approximate surface area is 172 Å². The van der Waals surface area contributed by atoms with Crippen molar-refractivity contribution in [2.24, 2.45) is 0 Å². The molecule has 3 rings (SSSR count). The van der Waals surface area contributed by atoms with Gasteiger partial charge in [-0.25, -0.2) is 18.1 Å². The van der Waals surface area contributed by atoms with Crippen LogP contribution in [0.4, 0.5) is 0 Å². The molecule has 1 aromatic heterocycles. The summed E-state index contributed by atoms with van der Waals surface area (Å²) in [5, 5.41) is 0. The summed E-state index contributed by atoms with van der Waals surface area (Å²) in [5.74, 6) is 0.686. The van der Waals surface area contributed by atoms with Crippen LogP contribution in [0.15, 0.2) is 53.6 Å². The van der Waals surface area contributed by atoms with Crippen LogP contribution < -0.4 is 9.46 Å². The maximum atomic E-state index is 12.9. The zero-order chi connectivity index (χ0) is 21.2. The SMILES string of the molecule is CCn1c(C(C)NS(=O)(=O)c2cc(C)ccc2C)cnc1Oc1ccc(C)cc1. The molecule has 154 valence electrons. The molecule has 1 N–H and O–H groups in total. The second-order valence-electron chi connectivity index (χ2n) is 7.24. The van der Waals surface area contributed by atoms with Gasteiger partial charge in [-0.05, 0) is 63.9 Å². The van der Waals surface area contributed by atoms with Crippen LogP contribution in [0.3, 0.4) is 0 Å². The molecule has 0 radical (unpaired) electrons. The molecule has 0 aliphatic heterocycles. The van der Waals surface area contributed by atoms with E-state index in [0.29, 0.717) is 28.8 Å². The number of ether oxygens (including phenoxy) is 1. The number of hydrogen-bond donors (Lipinski definition) is 1. The van der Waals surface area contributed by atoms with Crippen LogP contribution in [0.25, 0.3) is 0 Å². The molecular formula is C22H27N3O3S. The smallest absolute Gasteiger partial charge is 0.302 e. The van der Waals surface area contributed by atoms with Gasteiger partial charge in [-0.2, -0.15) is 0 Å². The first-order chi connectivity index (χ1) is 13.7. The molecule has 1 atom stereocenters. The van der Waals surface area contributed by atoms with Crippen LogP contribution in [-0.4, -0.2) is 18.0 Å². The summed E-state index contributed by atoms with van der Waals surface area (Å²) in [6.07, 6.45) is 1.66. The Bertz CT molecular complexity index is 1100. The predicted octanol–water partition coefficient (Wildman–Crippen LogP) is 4.66. The highest BCUT2D eigenvalue weighted by atomic mass is 32.2. The van der Waals surface area contributed by atoms with E-state index < -0.39 is 16.1 Å². The maximum absolute atomic E-state index is 12.9. The largest absolute Gasteiger partial charge is 0.426 e. The van der Waals surface area contributed by atoms with Gasteiger partial charge in [0.15, 0.2) is 0 Å². The van der Waals surface area contributed by atoms with Crippen molar-refractivity contribution in [3.63, 3.8) is 0 Å². The zero-order valence-electron chi connectivity index (χ0n) is 17.4. The topological polar surface area (TPSA) is 73.2 Å². The average Bonchev–Trinajstić information content (AvgIpc) is 3.08. The van der Waals surface area contributed by atoms with Crippen molar-refractivity contribution in [1.82, 2.24) is 14.3 Å². The molecule has 1 heterocycles. The minimum Gasteiger partial charge on any atom is -0.426 e. The number of sulfonamides is 1. The summed E-state index contributed by atoms with van der Waals surface area (Å²) >= 11 is 0. The van der Waals surface area contributed by atoms with E-state index >= 15 is 0 Å². The summed E-state index contributed by atoms with van der Waals surface area (Å²) in [4.78, 5) is 4.66. The molecule has 0 saturated carbocycles. The highest BCUT2D eigenvalue weighted by Gasteiger charge is 2.24. The zero-order valence-corrected chi connectivity index (χ0v) is 18.2. The van der Waals surface area contributed by atoms with Crippen molar-refractivity contribution < 1.29 is 13.2 Å². The number of aryl methyl sites for hydroxylation is 3. The van der Waals surface area contributed by atoms with Crippen LogP contribution in [0.5, 0.6) is 11.8 Å². The molecule has 0 aliphatic rings. The third-order valence-corrected chi connectivity index (χ3v) is 6.49. The van der Waals surface area contributed by atoms with Crippen LogP contribution in [0.2, 0.25) is 0 Å². The standard InChI is InChI=1S/C22H27N3O3S/c1-6-25-20(14-23-22(25)28-19-11-8-15(2)9-12-19)18(5)24-29(26,27)21-13-16(3)7-10-17(21)4/h7-14,18,24H,6H2,1-5H3. The minimum absolute atomic E-state index is 0.294. The van der Waals surface area contributed by atoms with Gasteiger partial charge in [0.1, 0.15) is 5.75 Å². The molecule has 0 saturated heterocycles. The monoisotopic (exact) mass is 413 g/mol. The van der Waals surface area contributed by atoms with Crippen molar-refractivity contribution >= 4 is 10.0 Å². The van der Waals surface area contributed by atoms with E-state index in [1.807, 2.05) is 68.7 Å². The molecule has 0 bridgehead atoms. The van der Waals surface area contributed by atoms with E-state index in [1.165, 1.54) is 0 Å². The Hall–Kier alpha value is -2.64. The molecule has 7 heteroatoms. The fraction of sp³-hybridized carbons (Fsp3) is 0.318. The lowest BCUT2D eigenvalue weighted by molar-refractivity contribution is 0.408. The molecule has 3 aromatic rings. The average molecular weight is 414 g/mol. The van der Waals surface area contributed by atoms with Crippen LogP contribution in [0, 0.1) is 20.8 Å².